The number of carbonyl (C=O) groups excluding carboxylic acids is 2. The molecular formula is C18H21N3O5. The smallest absolute Gasteiger partial charge is 0.338 e. The Labute approximate surface area is 149 Å². The maximum atomic E-state index is 12.1. The Morgan fingerprint density at radius 3 is 2.42 bits per heavy atom. The molecule has 0 fully saturated rings. The first kappa shape index (κ1) is 19.2. The van der Waals surface area contributed by atoms with E-state index in [0.29, 0.717) is 23.6 Å². The van der Waals surface area contributed by atoms with Crippen molar-refractivity contribution in [1.82, 2.24) is 9.97 Å². The Kier molecular flexibility index (Phi) is 6.48. The molecule has 0 aliphatic rings. The van der Waals surface area contributed by atoms with Crippen molar-refractivity contribution in [1.29, 1.82) is 0 Å². The predicted octanol–water partition coefficient (Wildman–Crippen LogP) is 1.51. The van der Waals surface area contributed by atoms with Gasteiger partial charge in [0, 0.05) is 16.9 Å². The number of esters is 1. The minimum atomic E-state index is -0.613. The Morgan fingerprint density at radius 2 is 1.81 bits per heavy atom. The van der Waals surface area contributed by atoms with Crippen molar-refractivity contribution in [2.45, 2.75) is 33.1 Å². The number of aromatic nitrogens is 2. The van der Waals surface area contributed by atoms with Crippen LogP contribution in [0.15, 0.2) is 33.9 Å². The normalized spacial score (nSPS) is 10.4. The molecule has 26 heavy (non-hydrogen) atoms. The van der Waals surface area contributed by atoms with Gasteiger partial charge in [-0.05, 0) is 37.6 Å². The molecule has 0 spiro atoms. The van der Waals surface area contributed by atoms with Crippen LogP contribution in [0.1, 0.15) is 41.4 Å². The number of aromatic amines is 2. The summed E-state index contributed by atoms with van der Waals surface area (Å²) in [5.41, 5.74) is 0.215. The molecule has 2 rings (SSSR count). The van der Waals surface area contributed by atoms with E-state index in [1.165, 1.54) is 0 Å². The van der Waals surface area contributed by atoms with E-state index >= 15 is 0 Å². The highest BCUT2D eigenvalue weighted by Gasteiger charge is 2.12. The van der Waals surface area contributed by atoms with Crippen molar-refractivity contribution < 1.29 is 14.3 Å². The maximum absolute atomic E-state index is 12.1. The van der Waals surface area contributed by atoms with Crippen LogP contribution in [0.4, 0.5) is 5.69 Å². The summed E-state index contributed by atoms with van der Waals surface area (Å²) in [5, 5.41) is 2.64. The molecule has 8 nitrogen and oxygen atoms in total. The van der Waals surface area contributed by atoms with Gasteiger partial charge in [0.1, 0.15) is 0 Å². The van der Waals surface area contributed by atoms with Gasteiger partial charge in [0.25, 0.3) is 5.56 Å². The summed E-state index contributed by atoms with van der Waals surface area (Å²) in [6, 6.07) is 6.28. The fourth-order valence-electron chi connectivity index (χ4n) is 2.29. The molecule has 138 valence electrons. The summed E-state index contributed by atoms with van der Waals surface area (Å²) in [5.74, 6) is -0.823. The SMILES string of the molecule is CCCCOC(=O)c1ccc(NC(=O)Cc2c(C)[nH]c(=O)[nH]c2=O)cc1. The van der Waals surface area contributed by atoms with Crippen LogP contribution in [0.25, 0.3) is 0 Å². The van der Waals surface area contributed by atoms with Crippen molar-refractivity contribution in [3.63, 3.8) is 0 Å². The molecule has 0 saturated heterocycles. The van der Waals surface area contributed by atoms with E-state index in [-0.39, 0.29) is 12.0 Å². The number of ether oxygens (including phenoxy) is 1. The van der Waals surface area contributed by atoms with Crippen LogP contribution in [0.3, 0.4) is 0 Å². The van der Waals surface area contributed by atoms with Crippen LogP contribution in [-0.2, 0) is 16.0 Å². The lowest BCUT2D eigenvalue weighted by molar-refractivity contribution is -0.115. The molecule has 3 N–H and O–H groups in total. The zero-order chi connectivity index (χ0) is 19.1. The van der Waals surface area contributed by atoms with E-state index in [1.54, 1.807) is 31.2 Å². The quantitative estimate of drug-likeness (QED) is 0.511. The third-order valence-corrected chi connectivity index (χ3v) is 3.73. The van der Waals surface area contributed by atoms with E-state index in [2.05, 4.69) is 15.3 Å². The van der Waals surface area contributed by atoms with E-state index in [4.69, 9.17) is 4.74 Å². The molecule has 1 aromatic carbocycles. The van der Waals surface area contributed by atoms with E-state index in [1.807, 2.05) is 6.92 Å². The zero-order valence-electron chi connectivity index (χ0n) is 14.7. The molecule has 0 saturated carbocycles. The highest BCUT2D eigenvalue weighted by molar-refractivity contribution is 5.94. The number of rotatable bonds is 7. The average Bonchev–Trinajstić information content (AvgIpc) is 2.59. The molecule has 8 heteroatoms. The second-order valence-electron chi connectivity index (χ2n) is 5.80. The molecule has 0 aliphatic heterocycles. The van der Waals surface area contributed by atoms with Gasteiger partial charge in [0.2, 0.25) is 5.91 Å². The van der Waals surface area contributed by atoms with Crippen molar-refractivity contribution >= 4 is 17.6 Å². The number of hydrogen-bond acceptors (Lipinski definition) is 5. The molecule has 0 unspecified atom stereocenters. The summed E-state index contributed by atoms with van der Waals surface area (Å²) in [6.07, 6.45) is 1.57. The standard InChI is InChI=1S/C18H21N3O5/c1-3-4-9-26-17(24)12-5-7-13(8-6-12)20-15(22)10-14-11(2)19-18(25)21-16(14)23/h5-8H,3-4,9-10H2,1-2H3,(H,20,22)(H2,19,21,23,25). The van der Waals surface area contributed by atoms with Gasteiger partial charge >= 0.3 is 11.7 Å². The van der Waals surface area contributed by atoms with Crippen molar-refractivity contribution in [3.05, 3.63) is 61.9 Å². The molecule has 0 aliphatic carbocycles. The van der Waals surface area contributed by atoms with Gasteiger partial charge in [0.05, 0.1) is 18.6 Å². The van der Waals surface area contributed by atoms with Crippen LogP contribution in [0.5, 0.6) is 0 Å². The van der Waals surface area contributed by atoms with Gasteiger partial charge < -0.3 is 15.0 Å². The molecule has 2 aromatic rings. The summed E-state index contributed by atoms with van der Waals surface area (Å²) in [6.45, 7) is 3.94. The van der Waals surface area contributed by atoms with Gasteiger partial charge in [-0.15, -0.1) is 0 Å². The van der Waals surface area contributed by atoms with Gasteiger partial charge in [-0.25, -0.2) is 9.59 Å². The number of benzene rings is 1. The summed E-state index contributed by atoms with van der Waals surface area (Å²) < 4.78 is 5.11. The first-order valence-corrected chi connectivity index (χ1v) is 8.29. The molecule has 1 heterocycles. The number of anilines is 1. The first-order chi connectivity index (χ1) is 12.4. The highest BCUT2D eigenvalue weighted by atomic mass is 16.5. The Morgan fingerprint density at radius 1 is 1.12 bits per heavy atom. The Balaban J connectivity index is 1.99. The molecule has 0 atom stereocenters. The van der Waals surface area contributed by atoms with Crippen LogP contribution < -0.4 is 16.6 Å². The summed E-state index contributed by atoms with van der Waals surface area (Å²) >= 11 is 0. The summed E-state index contributed by atoms with van der Waals surface area (Å²) in [4.78, 5) is 51.4. The third-order valence-electron chi connectivity index (χ3n) is 3.73. The van der Waals surface area contributed by atoms with Gasteiger partial charge in [0.15, 0.2) is 0 Å². The number of nitrogens with one attached hydrogen (secondary N) is 3. The second kappa shape index (κ2) is 8.80. The molecular weight excluding hydrogens is 338 g/mol. The number of aryl methyl sites for hydroxylation is 1. The van der Waals surface area contributed by atoms with Crippen LogP contribution in [0, 0.1) is 6.92 Å². The van der Waals surface area contributed by atoms with Crippen molar-refractivity contribution in [3.8, 4) is 0 Å². The Hall–Kier alpha value is -3.16. The minimum Gasteiger partial charge on any atom is -0.462 e. The second-order valence-corrected chi connectivity index (χ2v) is 5.80. The van der Waals surface area contributed by atoms with E-state index in [9.17, 15) is 19.2 Å². The fourth-order valence-corrected chi connectivity index (χ4v) is 2.29. The van der Waals surface area contributed by atoms with Crippen molar-refractivity contribution in [2.75, 3.05) is 11.9 Å². The van der Waals surface area contributed by atoms with Gasteiger partial charge in [-0.3, -0.25) is 14.6 Å². The lowest BCUT2D eigenvalue weighted by atomic mass is 10.1. The fraction of sp³-hybridized carbons (Fsp3) is 0.333. The zero-order valence-corrected chi connectivity index (χ0v) is 14.7. The van der Waals surface area contributed by atoms with Gasteiger partial charge in [-0.1, -0.05) is 13.3 Å². The topological polar surface area (TPSA) is 121 Å². The van der Waals surface area contributed by atoms with Crippen LogP contribution >= 0.6 is 0 Å². The highest BCUT2D eigenvalue weighted by Crippen LogP contribution is 2.11. The number of hydrogen-bond donors (Lipinski definition) is 3. The number of carbonyl (C=O) groups is 2. The average molecular weight is 359 g/mol. The summed E-state index contributed by atoms with van der Waals surface area (Å²) in [7, 11) is 0. The molecule has 0 bridgehead atoms. The van der Waals surface area contributed by atoms with Crippen LogP contribution in [0.2, 0.25) is 0 Å². The van der Waals surface area contributed by atoms with E-state index < -0.39 is 23.1 Å². The third kappa shape index (κ3) is 5.17. The number of amides is 1. The number of H-pyrrole nitrogens is 2. The largest absolute Gasteiger partial charge is 0.462 e. The molecule has 1 amide bonds. The maximum Gasteiger partial charge on any atom is 0.338 e. The molecule has 0 radical (unpaired) electrons. The molecule has 1 aromatic heterocycles. The Bertz CT molecular complexity index is 896. The predicted molar refractivity (Wildman–Crippen MR) is 96.4 cm³/mol. The van der Waals surface area contributed by atoms with Gasteiger partial charge in [-0.2, -0.15) is 0 Å². The minimum absolute atomic E-state index is 0.182. The van der Waals surface area contributed by atoms with E-state index in [0.717, 1.165) is 12.8 Å². The van der Waals surface area contributed by atoms with Crippen molar-refractivity contribution in [2.24, 2.45) is 0 Å². The van der Waals surface area contributed by atoms with Crippen LogP contribution in [-0.4, -0.2) is 28.5 Å². The lowest BCUT2D eigenvalue weighted by Gasteiger charge is -2.08. The number of unbranched alkanes of at least 4 members (excludes halogenated alkanes) is 1. The monoisotopic (exact) mass is 359 g/mol. The lowest BCUT2D eigenvalue weighted by Crippen LogP contribution is -2.29. The first-order valence-electron chi connectivity index (χ1n) is 8.29.